The molecule has 0 saturated carbocycles. The molecule has 1 aliphatic rings. The molecule has 1 saturated heterocycles. The minimum Gasteiger partial charge on any atom is -0.372 e. The van der Waals surface area contributed by atoms with Gasteiger partial charge in [0.25, 0.3) is 0 Å². The minimum absolute atomic E-state index is 0.666. The van der Waals surface area contributed by atoms with Crippen LogP contribution in [0.3, 0.4) is 0 Å². The fraction of sp³-hybridized carbons (Fsp3) is 0.524. The number of aryl methyl sites for hydroxylation is 1. The molecular weight excluding hydrogens is 322 g/mol. The van der Waals surface area contributed by atoms with Crippen molar-refractivity contribution in [3.8, 4) is 0 Å². The van der Waals surface area contributed by atoms with Gasteiger partial charge in [-0.05, 0) is 69.4 Å². The Hall–Kier alpha value is -2.30. The van der Waals surface area contributed by atoms with Gasteiger partial charge in [0.05, 0.1) is 0 Å². The first-order valence-electron chi connectivity index (χ1n) is 9.81. The van der Waals surface area contributed by atoms with E-state index in [9.17, 15) is 0 Å². The van der Waals surface area contributed by atoms with Gasteiger partial charge in [0.15, 0.2) is 0 Å². The number of hydrogen-bond donors (Lipinski definition) is 1. The molecule has 3 rings (SSSR count). The predicted molar refractivity (Wildman–Crippen MR) is 111 cm³/mol. The Bertz CT molecular complexity index is 718. The SMILES string of the molecule is CCN(CC)c1ccc(Nc2nccc(N3CCC(C)CC3)n2)c(C)c1. The highest BCUT2D eigenvalue weighted by atomic mass is 15.2. The predicted octanol–water partition coefficient (Wildman–Crippen LogP) is 4.61. The molecule has 0 bridgehead atoms. The first kappa shape index (κ1) is 18.5. The van der Waals surface area contributed by atoms with E-state index in [1.165, 1.54) is 24.1 Å². The normalized spacial score (nSPS) is 15.2. The van der Waals surface area contributed by atoms with Gasteiger partial charge in [-0.1, -0.05) is 6.92 Å². The van der Waals surface area contributed by atoms with Gasteiger partial charge in [0, 0.05) is 43.8 Å². The quantitative estimate of drug-likeness (QED) is 0.821. The number of benzene rings is 1. The van der Waals surface area contributed by atoms with Gasteiger partial charge in [-0.15, -0.1) is 0 Å². The lowest BCUT2D eigenvalue weighted by molar-refractivity contribution is 0.436. The average Bonchev–Trinajstić information content (AvgIpc) is 2.66. The number of piperidine rings is 1. The second-order valence-electron chi connectivity index (χ2n) is 7.20. The topological polar surface area (TPSA) is 44.3 Å². The van der Waals surface area contributed by atoms with Crippen molar-refractivity contribution in [2.75, 3.05) is 41.3 Å². The zero-order valence-electron chi connectivity index (χ0n) is 16.5. The number of hydrogen-bond acceptors (Lipinski definition) is 5. The van der Waals surface area contributed by atoms with Crippen LogP contribution in [0.15, 0.2) is 30.5 Å². The van der Waals surface area contributed by atoms with Gasteiger partial charge in [-0.2, -0.15) is 4.98 Å². The van der Waals surface area contributed by atoms with Gasteiger partial charge in [0.2, 0.25) is 5.95 Å². The Morgan fingerprint density at radius 3 is 2.54 bits per heavy atom. The molecule has 2 heterocycles. The molecule has 0 aliphatic carbocycles. The van der Waals surface area contributed by atoms with Crippen LogP contribution >= 0.6 is 0 Å². The zero-order valence-corrected chi connectivity index (χ0v) is 16.5. The van der Waals surface area contributed by atoms with Crippen molar-refractivity contribution in [3.63, 3.8) is 0 Å². The maximum absolute atomic E-state index is 4.74. The Morgan fingerprint density at radius 2 is 1.88 bits per heavy atom. The molecule has 0 atom stereocenters. The maximum Gasteiger partial charge on any atom is 0.229 e. The van der Waals surface area contributed by atoms with Crippen LogP contribution in [0.1, 0.15) is 39.2 Å². The molecule has 1 N–H and O–H groups in total. The van der Waals surface area contributed by atoms with E-state index in [2.05, 4.69) is 66.0 Å². The third-order valence-corrected chi connectivity index (χ3v) is 5.33. The van der Waals surface area contributed by atoms with Crippen LogP contribution in [0.25, 0.3) is 0 Å². The lowest BCUT2D eigenvalue weighted by Crippen LogP contribution is -2.33. The van der Waals surface area contributed by atoms with E-state index in [0.29, 0.717) is 5.95 Å². The Labute approximate surface area is 157 Å². The van der Waals surface area contributed by atoms with Crippen molar-refractivity contribution in [3.05, 3.63) is 36.0 Å². The monoisotopic (exact) mass is 353 g/mol. The first-order chi connectivity index (χ1) is 12.6. The lowest BCUT2D eigenvalue weighted by Gasteiger charge is -2.31. The summed E-state index contributed by atoms with van der Waals surface area (Å²) in [4.78, 5) is 13.9. The molecule has 0 unspecified atom stereocenters. The summed E-state index contributed by atoms with van der Waals surface area (Å²) in [6.07, 6.45) is 4.32. The molecular formula is C21H31N5. The third-order valence-electron chi connectivity index (χ3n) is 5.33. The summed E-state index contributed by atoms with van der Waals surface area (Å²) in [5, 5.41) is 3.40. The van der Waals surface area contributed by atoms with Crippen LogP contribution in [-0.2, 0) is 0 Å². The lowest BCUT2D eigenvalue weighted by atomic mass is 9.99. The molecule has 1 aliphatic heterocycles. The molecule has 1 aromatic heterocycles. The molecule has 1 aromatic carbocycles. The van der Waals surface area contributed by atoms with Crippen LogP contribution in [0.4, 0.5) is 23.1 Å². The number of anilines is 4. The summed E-state index contributed by atoms with van der Waals surface area (Å²) in [7, 11) is 0. The second-order valence-corrected chi connectivity index (χ2v) is 7.20. The van der Waals surface area contributed by atoms with Crippen molar-refractivity contribution in [1.82, 2.24) is 9.97 Å². The Kier molecular flexibility index (Phi) is 5.96. The minimum atomic E-state index is 0.666. The standard InChI is InChI=1S/C21H31N5/c1-5-25(6-2)18-7-8-19(17(4)15-18)23-21-22-12-9-20(24-21)26-13-10-16(3)11-14-26/h7-9,12,15-16H,5-6,10-11,13-14H2,1-4H3,(H,22,23,24). The van der Waals surface area contributed by atoms with Gasteiger partial charge >= 0.3 is 0 Å². The number of rotatable bonds is 6. The molecule has 0 spiro atoms. The van der Waals surface area contributed by atoms with E-state index in [0.717, 1.165) is 43.6 Å². The third kappa shape index (κ3) is 4.26. The number of nitrogens with one attached hydrogen (secondary N) is 1. The van der Waals surface area contributed by atoms with E-state index in [4.69, 9.17) is 4.98 Å². The van der Waals surface area contributed by atoms with E-state index in [1.807, 2.05) is 12.3 Å². The molecule has 26 heavy (non-hydrogen) atoms. The molecule has 5 nitrogen and oxygen atoms in total. The van der Waals surface area contributed by atoms with Crippen molar-refractivity contribution in [2.24, 2.45) is 5.92 Å². The van der Waals surface area contributed by atoms with Gasteiger partial charge in [-0.25, -0.2) is 4.98 Å². The van der Waals surface area contributed by atoms with Gasteiger partial charge in [-0.3, -0.25) is 0 Å². The number of aromatic nitrogens is 2. The summed E-state index contributed by atoms with van der Waals surface area (Å²) in [5.74, 6) is 2.50. The van der Waals surface area contributed by atoms with Crippen molar-refractivity contribution in [1.29, 1.82) is 0 Å². The van der Waals surface area contributed by atoms with E-state index >= 15 is 0 Å². The highest BCUT2D eigenvalue weighted by Gasteiger charge is 2.17. The first-order valence-corrected chi connectivity index (χ1v) is 9.81. The smallest absolute Gasteiger partial charge is 0.229 e. The highest BCUT2D eigenvalue weighted by Crippen LogP contribution is 2.26. The molecule has 140 valence electrons. The van der Waals surface area contributed by atoms with Crippen LogP contribution in [0.5, 0.6) is 0 Å². The van der Waals surface area contributed by atoms with E-state index in [-0.39, 0.29) is 0 Å². The van der Waals surface area contributed by atoms with Crippen LogP contribution in [0.2, 0.25) is 0 Å². The molecule has 5 heteroatoms. The van der Waals surface area contributed by atoms with Crippen LogP contribution in [-0.4, -0.2) is 36.1 Å². The van der Waals surface area contributed by atoms with Crippen molar-refractivity contribution >= 4 is 23.1 Å². The maximum atomic E-state index is 4.74. The summed E-state index contributed by atoms with van der Waals surface area (Å²) in [6.45, 7) is 13.0. The summed E-state index contributed by atoms with van der Waals surface area (Å²) in [5.41, 5.74) is 3.52. The van der Waals surface area contributed by atoms with Crippen molar-refractivity contribution in [2.45, 2.75) is 40.5 Å². The molecule has 2 aromatic rings. The van der Waals surface area contributed by atoms with E-state index < -0.39 is 0 Å². The fourth-order valence-electron chi connectivity index (χ4n) is 3.52. The van der Waals surface area contributed by atoms with Crippen LogP contribution < -0.4 is 15.1 Å². The van der Waals surface area contributed by atoms with Crippen molar-refractivity contribution < 1.29 is 0 Å². The number of nitrogens with zero attached hydrogens (tertiary/aromatic N) is 4. The molecule has 1 fully saturated rings. The second kappa shape index (κ2) is 8.39. The fourth-order valence-corrected chi connectivity index (χ4v) is 3.52. The van der Waals surface area contributed by atoms with Gasteiger partial charge < -0.3 is 15.1 Å². The van der Waals surface area contributed by atoms with E-state index in [1.54, 1.807) is 0 Å². The summed E-state index contributed by atoms with van der Waals surface area (Å²) >= 11 is 0. The molecule has 0 radical (unpaired) electrons. The van der Waals surface area contributed by atoms with Crippen LogP contribution in [0, 0.1) is 12.8 Å². The summed E-state index contributed by atoms with van der Waals surface area (Å²) < 4.78 is 0. The Morgan fingerprint density at radius 1 is 1.15 bits per heavy atom. The average molecular weight is 354 g/mol. The largest absolute Gasteiger partial charge is 0.372 e. The Balaban J connectivity index is 1.74. The summed E-state index contributed by atoms with van der Waals surface area (Å²) in [6, 6.07) is 8.53. The highest BCUT2D eigenvalue weighted by molar-refractivity contribution is 5.64. The van der Waals surface area contributed by atoms with Gasteiger partial charge in [0.1, 0.15) is 5.82 Å². The molecule has 0 amide bonds. The zero-order chi connectivity index (χ0) is 18.5.